The van der Waals surface area contributed by atoms with Gasteiger partial charge in [0, 0.05) is 13.0 Å². The van der Waals surface area contributed by atoms with Crippen LogP contribution in [0.2, 0.25) is 0 Å². The Morgan fingerprint density at radius 3 is 2.63 bits per heavy atom. The van der Waals surface area contributed by atoms with Gasteiger partial charge in [-0.25, -0.2) is 4.79 Å². The van der Waals surface area contributed by atoms with Crippen molar-refractivity contribution in [3.05, 3.63) is 50.7 Å². The summed E-state index contributed by atoms with van der Waals surface area (Å²) in [6, 6.07) is 6.90. The van der Waals surface area contributed by atoms with E-state index in [0.29, 0.717) is 30.8 Å². The van der Waals surface area contributed by atoms with Crippen molar-refractivity contribution in [1.82, 2.24) is 9.55 Å². The van der Waals surface area contributed by atoms with E-state index >= 15 is 0 Å². The molecule has 0 unspecified atom stereocenters. The van der Waals surface area contributed by atoms with Gasteiger partial charge < -0.3 is 10.4 Å². The highest BCUT2D eigenvalue weighted by Crippen LogP contribution is 2.26. The molecular formula is C19H24N4O4. The first-order valence-electron chi connectivity index (χ1n) is 8.89. The minimum atomic E-state index is -0.707. The van der Waals surface area contributed by atoms with Gasteiger partial charge in [0.15, 0.2) is 0 Å². The van der Waals surface area contributed by atoms with Crippen molar-refractivity contribution in [2.45, 2.75) is 46.6 Å². The van der Waals surface area contributed by atoms with Crippen LogP contribution in [-0.2, 0) is 11.3 Å². The first-order valence-corrected chi connectivity index (χ1v) is 8.89. The normalized spacial score (nSPS) is 11.4. The largest absolute Gasteiger partial charge is 0.494 e. The third-order valence-electron chi connectivity index (χ3n) is 4.06. The van der Waals surface area contributed by atoms with E-state index in [9.17, 15) is 19.5 Å². The number of carbonyl (C=O) groups excluding carboxylic acids is 1. The first-order chi connectivity index (χ1) is 12.9. The Morgan fingerprint density at radius 1 is 1.26 bits per heavy atom. The van der Waals surface area contributed by atoms with Gasteiger partial charge in [-0.15, -0.1) is 0 Å². The fourth-order valence-corrected chi connectivity index (χ4v) is 2.56. The fourth-order valence-electron chi connectivity index (χ4n) is 2.56. The molecule has 2 aromatic rings. The van der Waals surface area contributed by atoms with Crippen LogP contribution < -0.4 is 16.6 Å². The van der Waals surface area contributed by atoms with E-state index in [1.54, 1.807) is 38.1 Å². The van der Waals surface area contributed by atoms with Crippen LogP contribution in [0.1, 0.15) is 45.6 Å². The van der Waals surface area contributed by atoms with Crippen molar-refractivity contribution >= 4 is 23.0 Å². The van der Waals surface area contributed by atoms with E-state index in [2.05, 4.69) is 15.3 Å². The van der Waals surface area contributed by atoms with Crippen LogP contribution in [0.15, 0.2) is 38.8 Å². The van der Waals surface area contributed by atoms with Crippen LogP contribution in [0.5, 0.6) is 5.88 Å². The zero-order valence-corrected chi connectivity index (χ0v) is 15.7. The number of unbranched alkanes of at least 4 members (excludes halogenated alkanes) is 1. The fraction of sp³-hybridized carbons (Fsp3) is 0.368. The van der Waals surface area contributed by atoms with Gasteiger partial charge >= 0.3 is 5.69 Å². The summed E-state index contributed by atoms with van der Waals surface area (Å²) in [7, 11) is 0. The molecule has 0 aliphatic carbocycles. The minimum absolute atomic E-state index is 0.0673. The van der Waals surface area contributed by atoms with E-state index in [-0.39, 0.29) is 17.2 Å². The van der Waals surface area contributed by atoms with Gasteiger partial charge in [-0.3, -0.25) is 24.1 Å². The molecule has 0 saturated carbocycles. The number of hydrogen-bond donors (Lipinski definition) is 3. The molecule has 0 aliphatic rings. The Kier molecular flexibility index (Phi) is 6.70. The van der Waals surface area contributed by atoms with Gasteiger partial charge in [-0.05, 0) is 25.5 Å². The predicted octanol–water partition coefficient (Wildman–Crippen LogP) is 2.53. The molecule has 3 N–H and O–H groups in total. The van der Waals surface area contributed by atoms with Crippen LogP contribution in [0, 0.1) is 0 Å². The number of nitrogens with one attached hydrogen (secondary N) is 2. The smallest absolute Gasteiger partial charge is 0.331 e. The van der Waals surface area contributed by atoms with Crippen LogP contribution in [-0.4, -0.2) is 26.3 Å². The van der Waals surface area contributed by atoms with E-state index in [1.807, 2.05) is 6.92 Å². The topological polar surface area (TPSA) is 117 Å². The van der Waals surface area contributed by atoms with Crippen LogP contribution >= 0.6 is 0 Å². The second kappa shape index (κ2) is 8.98. The molecule has 0 atom stereocenters. The lowest BCUT2D eigenvalue weighted by Crippen LogP contribution is -2.33. The predicted molar refractivity (Wildman–Crippen MR) is 105 cm³/mol. The van der Waals surface area contributed by atoms with Gasteiger partial charge in [0.2, 0.25) is 11.8 Å². The van der Waals surface area contributed by atoms with Crippen molar-refractivity contribution in [2.24, 2.45) is 4.99 Å². The van der Waals surface area contributed by atoms with Gasteiger partial charge in [0.05, 0.1) is 17.1 Å². The quantitative estimate of drug-likeness (QED) is 0.648. The van der Waals surface area contributed by atoms with Gasteiger partial charge in [-0.1, -0.05) is 32.4 Å². The van der Waals surface area contributed by atoms with Crippen molar-refractivity contribution in [2.75, 3.05) is 5.32 Å². The molecule has 144 valence electrons. The van der Waals surface area contributed by atoms with Gasteiger partial charge in [0.25, 0.3) is 5.56 Å². The van der Waals surface area contributed by atoms with Crippen molar-refractivity contribution in [3.8, 4) is 5.88 Å². The Morgan fingerprint density at radius 2 is 1.96 bits per heavy atom. The Labute approximate surface area is 156 Å². The second-order valence-corrected chi connectivity index (χ2v) is 6.08. The summed E-state index contributed by atoms with van der Waals surface area (Å²) in [5.74, 6) is -0.572. The average Bonchev–Trinajstić information content (AvgIpc) is 2.62. The molecule has 0 radical (unpaired) electrons. The molecule has 0 spiro atoms. The summed E-state index contributed by atoms with van der Waals surface area (Å²) < 4.78 is 1.13. The zero-order valence-electron chi connectivity index (χ0n) is 15.7. The Balaban J connectivity index is 2.52. The van der Waals surface area contributed by atoms with Crippen molar-refractivity contribution in [3.63, 3.8) is 0 Å². The molecule has 0 saturated heterocycles. The van der Waals surface area contributed by atoms with Crippen LogP contribution in [0.25, 0.3) is 0 Å². The molecule has 1 heterocycles. The maximum atomic E-state index is 12.2. The number of rotatable bonds is 7. The molecule has 1 aromatic heterocycles. The van der Waals surface area contributed by atoms with Crippen molar-refractivity contribution in [1.29, 1.82) is 0 Å². The highest BCUT2D eigenvalue weighted by atomic mass is 16.3. The van der Waals surface area contributed by atoms with Crippen LogP contribution in [0.3, 0.4) is 0 Å². The van der Waals surface area contributed by atoms with Gasteiger partial charge in [0.1, 0.15) is 5.56 Å². The Hall–Kier alpha value is -3.16. The van der Waals surface area contributed by atoms with E-state index in [0.717, 1.165) is 11.0 Å². The lowest BCUT2D eigenvalue weighted by Gasteiger charge is -2.12. The SMILES string of the molecule is CCCCn1c(O)c(C(C)=Nc2ccccc2NC(=O)CC)c(=O)[nH]c1=O. The number of aliphatic imine (C=N–C) groups is 1. The summed E-state index contributed by atoms with van der Waals surface area (Å²) in [4.78, 5) is 42.5. The maximum Gasteiger partial charge on any atom is 0.331 e. The third kappa shape index (κ3) is 4.72. The van der Waals surface area contributed by atoms with E-state index < -0.39 is 17.1 Å². The van der Waals surface area contributed by atoms with Crippen molar-refractivity contribution < 1.29 is 9.90 Å². The molecule has 8 heteroatoms. The summed E-state index contributed by atoms with van der Waals surface area (Å²) >= 11 is 0. The molecule has 8 nitrogen and oxygen atoms in total. The standard InChI is InChI=1S/C19H24N4O4/c1-4-6-11-23-18(26)16(17(25)22-19(23)27)12(3)20-13-9-7-8-10-14(13)21-15(24)5-2/h7-10,26H,4-6,11H2,1-3H3,(H,21,24)(H,22,25,27). The second-order valence-electron chi connectivity index (χ2n) is 6.08. The maximum absolute atomic E-state index is 12.2. The van der Waals surface area contributed by atoms with Gasteiger partial charge in [-0.2, -0.15) is 0 Å². The molecule has 27 heavy (non-hydrogen) atoms. The number of para-hydroxylation sites is 2. The number of anilines is 1. The summed E-state index contributed by atoms with van der Waals surface area (Å²) in [6.07, 6.45) is 1.83. The molecule has 0 aliphatic heterocycles. The highest BCUT2D eigenvalue weighted by molar-refractivity contribution is 6.03. The van der Waals surface area contributed by atoms with Crippen LogP contribution in [0.4, 0.5) is 11.4 Å². The highest BCUT2D eigenvalue weighted by Gasteiger charge is 2.17. The minimum Gasteiger partial charge on any atom is -0.494 e. The number of carbonyl (C=O) groups is 1. The third-order valence-corrected chi connectivity index (χ3v) is 4.06. The monoisotopic (exact) mass is 372 g/mol. The number of aromatic hydroxyl groups is 1. The van der Waals surface area contributed by atoms with E-state index in [4.69, 9.17) is 0 Å². The lowest BCUT2D eigenvalue weighted by atomic mass is 10.2. The number of benzene rings is 1. The number of amides is 1. The zero-order chi connectivity index (χ0) is 20.0. The summed E-state index contributed by atoms with van der Waals surface area (Å²) in [5, 5.41) is 13.2. The first kappa shape index (κ1) is 20.2. The number of H-pyrrole nitrogens is 1. The molecule has 2 rings (SSSR count). The number of aromatic amines is 1. The Bertz CT molecular complexity index is 972. The number of hydrogen-bond acceptors (Lipinski definition) is 5. The number of nitrogens with zero attached hydrogens (tertiary/aromatic N) is 2. The molecular weight excluding hydrogens is 348 g/mol. The molecule has 1 amide bonds. The number of aromatic nitrogens is 2. The molecule has 0 bridgehead atoms. The van der Waals surface area contributed by atoms with E-state index in [1.165, 1.54) is 0 Å². The summed E-state index contributed by atoms with van der Waals surface area (Å²) in [6.45, 7) is 5.56. The lowest BCUT2D eigenvalue weighted by molar-refractivity contribution is -0.115. The summed E-state index contributed by atoms with van der Waals surface area (Å²) in [5.41, 5.74) is -0.250. The molecule has 1 aromatic carbocycles. The molecule has 0 fully saturated rings. The average molecular weight is 372 g/mol.